The maximum absolute atomic E-state index is 13.9. The predicted octanol–water partition coefficient (Wildman–Crippen LogP) is 5.73. The van der Waals surface area contributed by atoms with Crippen LogP contribution in [0.25, 0.3) is 0 Å². The first-order valence-corrected chi connectivity index (χ1v) is 14.8. The summed E-state index contributed by atoms with van der Waals surface area (Å²) in [4.78, 5) is 0.294. The molecule has 3 aromatic rings. The van der Waals surface area contributed by atoms with Crippen LogP contribution in [-0.2, 0) is 20.1 Å². The number of rotatable bonds is 6. The third kappa shape index (κ3) is 4.46. The zero-order valence-electron chi connectivity index (χ0n) is 21.9. The Hall–Kier alpha value is -3.08. The molecule has 3 aliphatic heterocycles. The van der Waals surface area contributed by atoms with Crippen molar-refractivity contribution < 1.29 is 35.8 Å². The minimum atomic E-state index is -4.82. The Labute approximate surface area is 231 Å². The van der Waals surface area contributed by atoms with Crippen molar-refractivity contribution in [2.45, 2.75) is 65.3 Å². The van der Waals surface area contributed by atoms with Gasteiger partial charge in [0.15, 0.2) is 9.84 Å². The molecule has 6 rings (SSSR count). The van der Waals surface area contributed by atoms with Crippen LogP contribution in [0.2, 0.25) is 0 Å². The van der Waals surface area contributed by atoms with Gasteiger partial charge >= 0.3 is 6.36 Å². The number of methoxy groups -OCH3 is 1. The summed E-state index contributed by atoms with van der Waals surface area (Å²) in [6, 6.07) is 22.1. The summed E-state index contributed by atoms with van der Waals surface area (Å²) < 4.78 is 83.1. The van der Waals surface area contributed by atoms with Crippen molar-refractivity contribution in [3.05, 3.63) is 90.0 Å². The van der Waals surface area contributed by atoms with E-state index < -0.39 is 32.6 Å². The van der Waals surface area contributed by atoms with E-state index in [1.54, 1.807) is 30.3 Å². The second-order valence-corrected chi connectivity index (χ2v) is 13.0. The standard InChI is InChI=1S/C30H30F3NO5S/c1-37-26-13-12-22(39-30(31,32)33)16-24(26)20-17-28(38-19-20)15-14-25-27(40(35,36)23-10-6-3-7-11-23)18-29(28,34-25)21-8-4-2-5-9-21/h2-13,16,20,25,27,34H,14-15,17-19H2,1H3/t20-,25-,27-,28-,29-/m1/s1. The largest absolute Gasteiger partial charge is 0.573 e. The molecule has 1 N–H and O–H groups in total. The van der Waals surface area contributed by atoms with E-state index in [2.05, 4.69) is 10.1 Å². The van der Waals surface area contributed by atoms with Crippen molar-refractivity contribution in [3.63, 3.8) is 0 Å². The first-order chi connectivity index (χ1) is 19.1. The number of fused-ring (bicyclic) bond motifs is 3. The molecule has 1 spiro atoms. The zero-order valence-corrected chi connectivity index (χ0v) is 22.7. The van der Waals surface area contributed by atoms with Crippen molar-refractivity contribution in [2.24, 2.45) is 0 Å². The number of sulfone groups is 1. The fourth-order valence-corrected chi connectivity index (χ4v) is 9.06. The Kier molecular flexibility index (Phi) is 6.63. The molecule has 3 aliphatic rings. The van der Waals surface area contributed by atoms with Gasteiger partial charge < -0.3 is 19.5 Å². The van der Waals surface area contributed by atoms with Gasteiger partial charge in [0, 0.05) is 17.5 Å². The highest BCUT2D eigenvalue weighted by Crippen LogP contribution is 2.59. The summed E-state index contributed by atoms with van der Waals surface area (Å²) in [6.45, 7) is 0.253. The average molecular weight is 574 g/mol. The lowest BCUT2D eigenvalue weighted by Gasteiger charge is -2.50. The van der Waals surface area contributed by atoms with E-state index in [9.17, 15) is 21.6 Å². The second kappa shape index (κ2) is 9.78. The predicted molar refractivity (Wildman–Crippen MR) is 142 cm³/mol. The summed E-state index contributed by atoms with van der Waals surface area (Å²) in [5.74, 6) is -0.152. The van der Waals surface area contributed by atoms with Crippen LogP contribution in [0.5, 0.6) is 11.5 Å². The maximum atomic E-state index is 13.9. The van der Waals surface area contributed by atoms with Crippen LogP contribution < -0.4 is 14.8 Å². The summed E-state index contributed by atoms with van der Waals surface area (Å²) >= 11 is 0. The summed E-state index contributed by atoms with van der Waals surface area (Å²) in [7, 11) is -2.17. The highest BCUT2D eigenvalue weighted by Gasteiger charge is 2.66. The monoisotopic (exact) mass is 573 g/mol. The SMILES string of the molecule is COc1ccc(OC(F)(F)F)cc1[C@H]1CO[C@]2(CC[C@H]3N[C@@]2(c2ccccc2)C[C@H]3S(=O)(=O)c2ccccc2)C1. The Morgan fingerprint density at radius 3 is 2.35 bits per heavy atom. The molecule has 40 heavy (non-hydrogen) atoms. The Balaban J connectivity index is 1.39. The van der Waals surface area contributed by atoms with Crippen molar-refractivity contribution in [1.29, 1.82) is 0 Å². The Morgan fingerprint density at radius 1 is 0.975 bits per heavy atom. The lowest BCUT2D eigenvalue weighted by atomic mass is 9.67. The average Bonchev–Trinajstić information content (AvgIpc) is 3.53. The fraction of sp³-hybridized carbons (Fsp3) is 0.400. The smallest absolute Gasteiger partial charge is 0.496 e. The van der Waals surface area contributed by atoms with Crippen LogP contribution in [0.15, 0.2) is 83.8 Å². The first kappa shape index (κ1) is 27.1. The number of hydrogen-bond acceptors (Lipinski definition) is 6. The van der Waals surface area contributed by atoms with Crippen LogP contribution in [0.4, 0.5) is 13.2 Å². The highest BCUT2D eigenvalue weighted by molar-refractivity contribution is 7.92. The van der Waals surface area contributed by atoms with Gasteiger partial charge in [0.25, 0.3) is 0 Å². The minimum Gasteiger partial charge on any atom is -0.496 e. The van der Waals surface area contributed by atoms with Gasteiger partial charge in [0.05, 0.1) is 35.0 Å². The number of nitrogens with one attached hydrogen (secondary N) is 1. The van der Waals surface area contributed by atoms with E-state index in [1.807, 2.05) is 30.3 Å². The second-order valence-electron chi connectivity index (χ2n) is 10.8. The first-order valence-electron chi connectivity index (χ1n) is 13.3. The van der Waals surface area contributed by atoms with E-state index in [4.69, 9.17) is 9.47 Å². The third-order valence-electron chi connectivity index (χ3n) is 8.77. The van der Waals surface area contributed by atoms with Crippen LogP contribution in [-0.4, -0.2) is 45.4 Å². The van der Waals surface area contributed by atoms with Gasteiger partial charge in [0.2, 0.25) is 0 Å². The molecule has 0 aliphatic carbocycles. The zero-order chi connectivity index (χ0) is 28.2. The molecule has 3 saturated heterocycles. The highest BCUT2D eigenvalue weighted by atomic mass is 32.2. The van der Waals surface area contributed by atoms with Crippen LogP contribution in [0, 0.1) is 0 Å². The fourth-order valence-electron chi connectivity index (χ4n) is 7.06. The van der Waals surface area contributed by atoms with Crippen molar-refractivity contribution >= 4 is 9.84 Å². The number of hydrogen-bond donors (Lipinski definition) is 1. The van der Waals surface area contributed by atoms with Crippen molar-refractivity contribution in [3.8, 4) is 11.5 Å². The molecule has 0 saturated carbocycles. The number of benzene rings is 3. The van der Waals surface area contributed by atoms with Gasteiger partial charge in [-0.15, -0.1) is 13.2 Å². The molecule has 3 aromatic carbocycles. The number of ether oxygens (including phenoxy) is 3. The molecular formula is C30H30F3NO5S. The van der Waals surface area contributed by atoms with Crippen molar-refractivity contribution in [2.75, 3.05) is 13.7 Å². The van der Waals surface area contributed by atoms with E-state index >= 15 is 0 Å². The molecule has 0 unspecified atom stereocenters. The number of halogens is 3. The minimum absolute atomic E-state index is 0.253. The van der Waals surface area contributed by atoms with Gasteiger partial charge in [-0.1, -0.05) is 48.5 Å². The Bertz CT molecular complexity index is 1480. The molecule has 6 nitrogen and oxygen atoms in total. The quantitative estimate of drug-likeness (QED) is 0.406. The molecule has 3 heterocycles. The topological polar surface area (TPSA) is 73.9 Å². The molecular weight excluding hydrogens is 543 g/mol. The molecule has 0 radical (unpaired) electrons. The lowest BCUT2D eigenvalue weighted by Crippen LogP contribution is -2.62. The van der Waals surface area contributed by atoms with Crippen molar-refractivity contribution in [1.82, 2.24) is 5.32 Å². The van der Waals surface area contributed by atoms with Gasteiger partial charge in [-0.05, 0) is 61.6 Å². The summed E-state index contributed by atoms with van der Waals surface area (Å²) in [5, 5.41) is 3.06. The molecule has 2 bridgehead atoms. The van der Waals surface area contributed by atoms with Crippen LogP contribution in [0.1, 0.15) is 42.7 Å². The molecule has 0 aromatic heterocycles. The molecule has 3 fully saturated rings. The molecule has 0 amide bonds. The van der Waals surface area contributed by atoms with E-state index in [-0.39, 0.29) is 24.3 Å². The lowest BCUT2D eigenvalue weighted by molar-refractivity contribution is -0.274. The molecule has 5 atom stereocenters. The van der Waals surface area contributed by atoms with Gasteiger partial charge in [-0.25, -0.2) is 8.42 Å². The molecule has 212 valence electrons. The van der Waals surface area contributed by atoms with Crippen LogP contribution in [0.3, 0.4) is 0 Å². The third-order valence-corrected chi connectivity index (χ3v) is 11.0. The van der Waals surface area contributed by atoms with E-state index in [0.717, 1.165) is 5.56 Å². The van der Waals surface area contributed by atoms with E-state index in [0.29, 0.717) is 41.9 Å². The number of piperidine rings is 1. The summed E-state index contributed by atoms with van der Waals surface area (Å²) in [6.07, 6.45) is -2.82. The van der Waals surface area contributed by atoms with Gasteiger partial charge in [-0.3, -0.25) is 0 Å². The molecule has 10 heteroatoms. The van der Waals surface area contributed by atoms with Crippen LogP contribution >= 0.6 is 0 Å². The van der Waals surface area contributed by atoms with Gasteiger partial charge in [0.1, 0.15) is 11.5 Å². The summed E-state index contributed by atoms with van der Waals surface area (Å²) in [5.41, 5.74) is -0.0705. The Morgan fingerprint density at radius 2 is 1.68 bits per heavy atom. The number of alkyl halides is 3. The van der Waals surface area contributed by atoms with Gasteiger partial charge in [-0.2, -0.15) is 0 Å². The van der Waals surface area contributed by atoms with E-state index in [1.165, 1.54) is 25.3 Å². The normalized spacial score (nSPS) is 29.9. The maximum Gasteiger partial charge on any atom is 0.573 e.